The summed E-state index contributed by atoms with van der Waals surface area (Å²) in [6.07, 6.45) is 2.12. The maximum absolute atomic E-state index is 5.63. The van der Waals surface area contributed by atoms with Crippen LogP contribution in [-0.2, 0) is 6.54 Å². The van der Waals surface area contributed by atoms with E-state index in [-0.39, 0.29) is 5.66 Å². The summed E-state index contributed by atoms with van der Waals surface area (Å²) >= 11 is 0. The molecule has 1 fully saturated rings. The van der Waals surface area contributed by atoms with E-state index in [4.69, 9.17) is 14.5 Å². The van der Waals surface area contributed by atoms with Gasteiger partial charge in [-0.3, -0.25) is 9.89 Å². The van der Waals surface area contributed by atoms with Crippen molar-refractivity contribution < 1.29 is 9.47 Å². The van der Waals surface area contributed by atoms with Crippen LogP contribution in [0.3, 0.4) is 0 Å². The summed E-state index contributed by atoms with van der Waals surface area (Å²) in [7, 11) is 3.40. The van der Waals surface area contributed by atoms with Crippen LogP contribution >= 0.6 is 0 Å². The molecule has 29 heavy (non-hydrogen) atoms. The molecule has 3 aliphatic heterocycles. The van der Waals surface area contributed by atoms with Gasteiger partial charge in [0.05, 0.1) is 20.8 Å². The lowest BCUT2D eigenvalue weighted by molar-refractivity contribution is 0.0890. The molecule has 0 saturated carbocycles. The number of methoxy groups -OCH3 is 2. The van der Waals surface area contributed by atoms with E-state index < -0.39 is 0 Å². The number of hydrogen-bond acceptors (Lipinski definition) is 6. The van der Waals surface area contributed by atoms with Crippen LogP contribution in [0.1, 0.15) is 24.0 Å². The van der Waals surface area contributed by atoms with E-state index in [0.717, 1.165) is 57.1 Å². The van der Waals surface area contributed by atoms with E-state index in [9.17, 15) is 0 Å². The second-order valence-electron chi connectivity index (χ2n) is 7.99. The lowest BCUT2D eigenvalue weighted by Crippen LogP contribution is -2.63. The Kier molecular flexibility index (Phi) is 4.59. The zero-order valence-electron chi connectivity index (χ0n) is 17.1. The summed E-state index contributed by atoms with van der Waals surface area (Å²) in [5, 5.41) is 3.88. The molecule has 0 unspecified atom stereocenters. The SMILES string of the molecule is COc1cccc(CN2CCC3(CC2)Nc2ccccc2C2=NCCN23)c1OC. The Hall–Kier alpha value is -2.73. The summed E-state index contributed by atoms with van der Waals surface area (Å²) in [5.74, 6) is 2.80. The third-order valence-corrected chi connectivity index (χ3v) is 6.45. The Morgan fingerprint density at radius 1 is 1.00 bits per heavy atom. The number of amidine groups is 1. The Morgan fingerprint density at radius 3 is 2.62 bits per heavy atom. The molecule has 5 rings (SSSR count). The van der Waals surface area contributed by atoms with Gasteiger partial charge in [0, 0.05) is 55.8 Å². The molecule has 0 bridgehead atoms. The highest BCUT2D eigenvalue weighted by Crippen LogP contribution is 2.40. The first-order valence-electron chi connectivity index (χ1n) is 10.4. The molecule has 2 aromatic carbocycles. The lowest BCUT2D eigenvalue weighted by atomic mass is 9.90. The summed E-state index contributed by atoms with van der Waals surface area (Å²) in [6.45, 7) is 4.81. The van der Waals surface area contributed by atoms with Crippen LogP contribution in [0.4, 0.5) is 5.69 Å². The minimum Gasteiger partial charge on any atom is -0.493 e. The van der Waals surface area contributed by atoms with Gasteiger partial charge in [-0.2, -0.15) is 0 Å². The fraction of sp³-hybridized carbons (Fsp3) is 0.435. The number of ether oxygens (including phenoxy) is 2. The third kappa shape index (κ3) is 3.02. The normalized spacial score (nSPS) is 19.9. The smallest absolute Gasteiger partial charge is 0.165 e. The first-order valence-corrected chi connectivity index (χ1v) is 10.4. The van der Waals surface area contributed by atoms with E-state index in [1.807, 2.05) is 12.1 Å². The van der Waals surface area contributed by atoms with E-state index in [1.165, 1.54) is 22.6 Å². The molecule has 3 heterocycles. The van der Waals surface area contributed by atoms with Crippen LogP contribution in [0.5, 0.6) is 11.5 Å². The molecule has 152 valence electrons. The Morgan fingerprint density at radius 2 is 1.83 bits per heavy atom. The van der Waals surface area contributed by atoms with Crippen LogP contribution in [0, 0.1) is 0 Å². The van der Waals surface area contributed by atoms with Crippen molar-refractivity contribution in [2.75, 3.05) is 45.7 Å². The van der Waals surface area contributed by atoms with Crippen molar-refractivity contribution in [3.05, 3.63) is 53.6 Å². The second-order valence-corrected chi connectivity index (χ2v) is 7.99. The zero-order chi connectivity index (χ0) is 19.8. The van der Waals surface area contributed by atoms with E-state index in [0.29, 0.717) is 0 Å². The average Bonchev–Trinajstić information content (AvgIpc) is 3.27. The van der Waals surface area contributed by atoms with Crippen LogP contribution in [0.2, 0.25) is 0 Å². The van der Waals surface area contributed by atoms with Gasteiger partial charge < -0.3 is 19.7 Å². The maximum Gasteiger partial charge on any atom is 0.165 e. The Balaban J connectivity index is 1.34. The van der Waals surface area contributed by atoms with Gasteiger partial charge in [-0.1, -0.05) is 24.3 Å². The number of piperidine rings is 1. The van der Waals surface area contributed by atoms with Crippen LogP contribution < -0.4 is 14.8 Å². The van der Waals surface area contributed by atoms with Crippen LogP contribution in [-0.4, -0.2) is 61.7 Å². The molecule has 0 aliphatic carbocycles. The van der Waals surface area contributed by atoms with Crippen molar-refractivity contribution in [1.82, 2.24) is 9.80 Å². The number of rotatable bonds is 4. The molecular formula is C23H28N4O2. The van der Waals surface area contributed by atoms with Crippen molar-refractivity contribution >= 4 is 11.5 Å². The highest BCUT2D eigenvalue weighted by Gasteiger charge is 2.46. The number of anilines is 1. The average molecular weight is 393 g/mol. The lowest BCUT2D eigenvalue weighted by Gasteiger charge is -2.52. The summed E-state index contributed by atoms with van der Waals surface area (Å²) in [5.41, 5.74) is 3.60. The molecule has 0 radical (unpaired) electrons. The Bertz CT molecular complexity index is 934. The molecule has 2 aromatic rings. The van der Waals surface area contributed by atoms with Crippen LogP contribution in [0.25, 0.3) is 0 Å². The number of likely N-dealkylation sites (tertiary alicyclic amines) is 1. The number of hydrogen-bond donors (Lipinski definition) is 1. The summed E-state index contributed by atoms with van der Waals surface area (Å²) in [4.78, 5) is 9.86. The van der Waals surface area contributed by atoms with E-state index >= 15 is 0 Å². The van der Waals surface area contributed by atoms with Gasteiger partial charge in [0.2, 0.25) is 0 Å². The number of nitrogens with one attached hydrogen (secondary N) is 1. The predicted octanol–water partition coefficient (Wildman–Crippen LogP) is 3.18. The highest BCUT2D eigenvalue weighted by molar-refractivity contribution is 6.06. The van der Waals surface area contributed by atoms with Gasteiger partial charge in [0.15, 0.2) is 11.5 Å². The highest BCUT2D eigenvalue weighted by atomic mass is 16.5. The van der Waals surface area contributed by atoms with Crippen LogP contribution in [0.15, 0.2) is 47.5 Å². The molecular weight excluding hydrogens is 364 g/mol. The van der Waals surface area contributed by atoms with E-state index in [2.05, 4.69) is 45.4 Å². The molecule has 1 N–H and O–H groups in total. The van der Waals surface area contributed by atoms with Crippen molar-refractivity contribution in [1.29, 1.82) is 0 Å². The first kappa shape index (κ1) is 18.3. The summed E-state index contributed by atoms with van der Waals surface area (Å²) in [6, 6.07) is 14.7. The fourth-order valence-electron chi connectivity index (χ4n) is 4.99. The van der Waals surface area contributed by atoms with Crippen molar-refractivity contribution in [2.45, 2.75) is 25.0 Å². The monoisotopic (exact) mass is 392 g/mol. The van der Waals surface area contributed by atoms with Crippen molar-refractivity contribution in [2.24, 2.45) is 4.99 Å². The number of nitrogens with zero attached hydrogens (tertiary/aromatic N) is 3. The van der Waals surface area contributed by atoms with Gasteiger partial charge >= 0.3 is 0 Å². The quantitative estimate of drug-likeness (QED) is 0.866. The van der Waals surface area contributed by atoms with Gasteiger partial charge in [0.25, 0.3) is 0 Å². The zero-order valence-corrected chi connectivity index (χ0v) is 17.1. The predicted molar refractivity (Wildman–Crippen MR) is 115 cm³/mol. The molecule has 0 aromatic heterocycles. The maximum atomic E-state index is 5.63. The topological polar surface area (TPSA) is 49.3 Å². The third-order valence-electron chi connectivity index (χ3n) is 6.45. The molecule has 6 nitrogen and oxygen atoms in total. The standard InChI is InChI=1S/C23H28N4O2/c1-28-20-9-5-6-17(21(20)29-2)16-26-13-10-23(11-14-26)25-19-8-4-3-7-18(19)22-24-12-15-27(22)23/h3-9,25H,10-16H2,1-2H3. The van der Waals surface area contributed by atoms with Gasteiger partial charge in [-0.25, -0.2) is 0 Å². The molecule has 1 spiro atoms. The number of fused-ring (bicyclic) bond motifs is 4. The largest absolute Gasteiger partial charge is 0.493 e. The Labute approximate surface area is 172 Å². The molecule has 0 atom stereocenters. The second kappa shape index (κ2) is 7.26. The molecule has 1 saturated heterocycles. The van der Waals surface area contributed by atoms with E-state index in [1.54, 1.807) is 14.2 Å². The first-order chi connectivity index (χ1) is 14.2. The number of benzene rings is 2. The number of para-hydroxylation sites is 2. The summed E-state index contributed by atoms with van der Waals surface area (Å²) < 4.78 is 11.1. The van der Waals surface area contributed by atoms with Gasteiger partial charge in [0.1, 0.15) is 11.5 Å². The minimum atomic E-state index is -0.0291. The fourth-order valence-corrected chi connectivity index (χ4v) is 4.99. The molecule has 0 amide bonds. The van der Waals surface area contributed by atoms with Crippen molar-refractivity contribution in [3.8, 4) is 11.5 Å². The number of aliphatic imine (C=N–C) groups is 1. The minimum absolute atomic E-state index is 0.0291. The van der Waals surface area contributed by atoms with Gasteiger partial charge in [-0.15, -0.1) is 0 Å². The molecule has 3 aliphatic rings. The van der Waals surface area contributed by atoms with Gasteiger partial charge in [-0.05, 0) is 18.2 Å². The molecule has 6 heteroatoms. The van der Waals surface area contributed by atoms with Crippen molar-refractivity contribution in [3.63, 3.8) is 0 Å².